The molecular formula is C11H18BrN3. The van der Waals surface area contributed by atoms with Crippen LogP contribution in [0.5, 0.6) is 0 Å². The molecule has 2 heterocycles. The Labute approximate surface area is 99.6 Å². The minimum Gasteiger partial charge on any atom is -0.337 e. The Morgan fingerprint density at radius 1 is 1.40 bits per heavy atom. The number of hydrogen-bond acceptors (Lipinski definition) is 2. The molecule has 0 radical (unpaired) electrons. The molecule has 1 unspecified atom stereocenters. The summed E-state index contributed by atoms with van der Waals surface area (Å²) in [6, 6.07) is 0. The molecular weight excluding hydrogens is 254 g/mol. The van der Waals surface area contributed by atoms with Crippen LogP contribution in [0.3, 0.4) is 0 Å². The Kier molecular flexibility index (Phi) is 4.20. The molecule has 0 saturated carbocycles. The van der Waals surface area contributed by atoms with Crippen LogP contribution in [0, 0.1) is 0 Å². The van der Waals surface area contributed by atoms with Gasteiger partial charge in [0.15, 0.2) is 0 Å². The van der Waals surface area contributed by atoms with E-state index in [0.29, 0.717) is 4.83 Å². The van der Waals surface area contributed by atoms with Gasteiger partial charge >= 0.3 is 0 Å². The maximum Gasteiger partial charge on any atom is 0.0945 e. The molecule has 1 aliphatic rings. The van der Waals surface area contributed by atoms with Crippen LogP contribution in [0.25, 0.3) is 0 Å². The van der Waals surface area contributed by atoms with E-state index in [9.17, 15) is 0 Å². The fourth-order valence-electron chi connectivity index (χ4n) is 2.10. The van der Waals surface area contributed by atoms with Gasteiger partial charge in [-0.25, -0.2) is 4.98 Å². The Hall–Kier alpha value is -0.350. The van der Waals surface area contributed by atoms with Crippen LogP contribution in [0.4, 0.5) is 0 Å². The third kappa shape index (κ3) is 3.61. The van der Waals surface area contributed by atoms with Gasteiger partial charge in [-0.05, 0) is 32.4 Å². The summed E-state index contributed by atoms with van der Waals surface area (Å²) in [5.74, 6) is 0. The van der Waals surface area contributed by atoms with Crippen LogP contribution in [0.1, 0.15) is 19.3 Å². The molecule has 15 heavy (non-hydrogen) atoms. The van der Waals surface area contributed by atoms with Gasteiger partial charge in [0.1, 0.15) is 0 Å². The molecule has 84 valence electrons. The summed E-state index contributed by atoms with van der Waals surface area (Å²) < 4.78 is 2.15. The maximum atomic E-state index is 4.04. The first kappa shape index (κ1) is 11.1. The lowest BCUT2D eigenvalue weighted by molar-refractivity contribution is 0.229. The average molecular weight is 272 g/mol. The molecule has 1 atom stereocenters. The van der Waals surface area contributed by atoms with E-state index in [0.717, 1.165) is 6.54 Å². The van der Waals surface area contributed by atoms with Crippen LogP contribution < -0.4 is 0 Å². The molecule has 0 aliphatic carbocycles. The summed E-state index contributed by atoms with van der Waals surface area (Å²) >= 11 is 3.70. The third-order valence-corrected chi connectivity index (χ3v) is 3.65. The van der Waals surface area contributed by atoms with E-state index in [2.05, 4.69) is 30.4 Å². The number of imidazole rings is 1. The molecule has 2 rings (SSSR count). The van der Waals surface area contributed by atoms with Gasteiger partial charge in [0.05, 0.1) is 6.33 Å². The second-order valence-corrected chi connectivity index (χ2v) is 5.49. The smallest absolute Gasteiger partial charge is 0.0945 e. The topological polar surface area (TPSA) is 21.1 Å². The molecule has 1 saturated heterocycles. The first-order valence-corrected chi connectivity index (χ1v) is 6.58. The normalized spacial score (nSPS) is 23.1. The van der Waals surface area contributed by atoms with Crippen molar-refractivity contribution in [1.29, 1.82) is 0 Å². The molecule has 1 fully saturated rings. The Morgan fingerprint density at radius 2 is 2.33 bits per heavy atom. The Morgan fingerprint density at radius 3 is 3.07 bits per heavy atom. The van der Waals surface area contributed by atoms with Gasteiger partial charge in [-0.3, -0.25) is 0 Å². The third-order valence-electron chi connectivity index (χ3n) is 2.90. The lowest BCUT2D eigenvalue weighted by atomic mass is 10.1. The van der Waals surface area contributed by atoms with E-state index in [1.54, 1.807) is 0 Å². The van der Waals surface area contributed by atoms with E-state index < -0.39 is 0 Å². The summed E-state index contributed by atoms with van der Waals surface area (Å²) in [7, 11) is 0. The summed E-state index contributed by atoms with van der Waals surface area (Å²) in [6.07, 6.45) is 9.65. The van der Waals surface area contributed by atoms with Gasteiger partial charge in [0.25, 0.3) is 0 Å². The van der Waals surface area contributed by atoms with E-state index in [4.69, 9.17) is 0 Å². The quantitative estimate of drug-likeness (QED) is 0.783. The largest absolute Gasteiger partial charge is 0.337 e. The molecule has 3 nitrogen and oxygen atoms in total. The van der Waals surface area contributed by atoms with Gasteiger partial charge in [0, 0.05) is 30.3 Å². The van der Waals surface area contributed by atoms with Crippen molar-refractivity contribution in [3.63, 3.8) is 0 Å². The van der Waals surface area contributed by atoms with Gasteiger partial charge < -0.3 is 9.47 Å². The van der Waals surface area contributed by atoms with Crippen molar-refractivity contribution < 1.29 is 0 Å². The number of rotatable bonds is 4. The zero-order valence-corrected chi connectivity index (χ0v) is 10.6. The van der Waals surface area contributed by atoms with Crippen molar-refractivity contribution in [2.45, 2.75) is 30.6 Å². The predicted molar refractivity (Wildman–Crippen MR) is 65.2 cm³/mol. The summed E-state index contributed by atoms with van der Waals surface area (Å²) in [6.45, 7) is 4.78. The van der Waals surface area contributed by atoms with Gasteiger partial charge in [-0.2, -0.15) is 0 Å². The minimum absolute atomic E-state index is 0.708. The van der Waals surface area contributed by atoms with Gasteiger partial charge in [-0.1, -0.05) is 15.9 Å². The van der Waals surface area contributed by atoms with Crippen molar-refractivity contribution in [3.8, 4) is 0 Å². The second-order valence-electron chi connectivity index (χ2n) is 4.19. The fourth-order valence-corrected chi connectivity index (χ4v) is 2.83. The molecule has 0 amide bonds. The molecule has 1 aromatic heterocycles. The molecule has 1 aliphatic heterocycles. The molecule has 0 spiro atoms. The number of aromatic nitrogens is 2. The highest BCUT2D eigenvalue weighted by molar-refractivity contribution is 9.09. The number of piperidine rings is 1. The number of likely N-dealkylation sites (tertiary alicyclic amines) is 1. The fraction of sp³-hybridized carbons (Fsp3) is 0.727. The van der Waals surface area contributed by atoms with E-state index in [1.165, 1.54) is 38.9 Å². The summed E-state index contributed by atoms with van der Waals surface area (Å²) in [5, 5.41) is 0. The van der Waals surface area contributed by atoms with E-state index in [1.807, 2.05) is 18.7 Å². The van der Waals surface area contributed by atoms with E-state index in [-0.39, 0.29) is 0 Å². The number of hydrogen-bond donors (Lipinski definition) is 0. The number of halogens is 1. The lowest BCUT2D eigenvalue weighted by Crippen LogP contribution is -2.36. The van der Waals surface area contributed by atoms with Crippen LogP contribution >= 0.6 is 15.9 Å². The molecule has 1 aromatic rings. The van der Waals surface area contributed by atoms with Crippen molar-refractivity contribution >= 4 is 15.9 Å². The van der Waals surface area contributed by atoms with Crippen molar-refractivity contribution in [3.05, 3.63) is 18.7 Å². The van der Waals surface area contributed by atoms with Crippen molar-refractivity contribution in [2.75, 3.05) is 19.6 Å². The molecule has 0 bridgehead atoms. The first-order valence-electron chi connectivity index (χ1n) is 5.67. The van der Waals surface area contributed by atoms with Crippen LogP contribution in [0.2, 0.25) is 0 Å². The molecule has 4 heteroatoms. The van der Waals surface area contributed by atoms with Crippen molar-refractivity contribution in [1.82, 2.24) is 14.5 Å². The summed E-state index contributed by atoms with van der Waals surface area (Å²) in [5.41, 5.74) is 0. The highest BCUT2D eigenvalue weighted by Crippen LogP contribution is 2.16. The SMILES string of the molecule is BrC1CCCN(CCCn2ccnc2)C1. The predicted octanol–water partition coefficient (Wildman–Crippen LogP) is 2.13. The monoisotopic (exact) mass is 271 g/mol. The number of alkyl halides is 1. The standard InChI is InChI=1S/C11H18BrN3/c12-11-3-1-5-14(9-11)6-2-7-15-8-4-13-10-15/h4,8,10-11H,1-3,5-7,9H2. The van der Waals surface area contributed by atoms with Crippen LogP contribution in [-0.2, 0) is 6.54 Å². The number of aryl methyl sites for hydroxylation is 1. The highest BCUT2D eigenvalue weighted by Gasteiger charge is 2.16. The first-order chi connectivity index (χ1) is 7.34. The lowest BCUT2D eigenvalue weighted by Gasteiger charge is -2.29. The Bertz CT molecular complexity index is 273. The van der Waals surface area contributed by atoms with Crippen LogP contribution in [-0.4, -0.2) is 38.9 Å². The van der Waals surface area contributed by atoms with Gasteiger partial charge in [-0.15, -0.1) is 0 Å². The average Bonchev–Trinajstić information content (AvgIpc) is 2.71. The van der Waals surface area contributed by atoms with Crippen molar-refractivity contribution in [2.24, 2.45) is 0 Å². The Balaban J connectivity index is 1.65. The second kappa shape index (κ2) is 5.66. The highest BCUT2D eigenvalue weighted by atomic mass is 79.9. The van der Waals surface area contributed by atoms with E-state index >= 15 is 0 Å². The molecule has 0 aromatic carbocycles. The van der Waals surface area contributed by atoms with Gasteiger partial charge in [0.2, 0.25) is 0 Å². The minimum atomic E-state index is 0.708. The zero-order chi connectivity index (χ0) is 10.5. The number of nitrogens with zero attached hydrogens (tertiary/aromatic N) is 3. The maximum absolute atomic E-state index is 4.04. The van der Waals surface area contributed by atoms with Crippen LogP contribution in [0.15, 0.2) is 18.7 Å². The summed E-state index contributed by atoms with van der Waals surface area (Å²) in [4.78, 5) is 7.30. The molecule has 0 N–H and O–H groups in total. The zero-order valence-electron chi connectivity index (χ0n) is 8.98.